The first kappa shape index (κ1) is 16.3. The monoisotopic (exact) mass is 289 g/mol. The Labute approximate surface area is 119 Å². The number of rotatable bonds is 5. The third-order valence-corrected chi connectivity index (χ3v) is 3.47. The largest absolute Gasteiger partial charge is 0.391 e. The smallest absolute Gasteiger partial charge is 0.246 e. The van der Waals surface area contributed by atoms with Gasteiger partial charge in [-0.2, -0.15) is 12.6 Å². The molecule has 3 atom stereocenters. The highest BCUT2D eigenvalue weighted by Crippen LogP contribution is 2.19. The third-order valence-electron chi connectivity index (χ3n) is 3.11. The van der Waals surface area contributed by atoms with E-state index >= 15 is 0 Å². The van der Waals surface area contributed by atoms with Crippen LogP contribution >= 0.6 is 12.6 Å². The molecule has 7 heteroatoms. The van der Waals surface area contributed by atoms with E-state index in [4.69, 9.17) is 0 Å². The molecular formula is C12H23N3O3S. The first-order valence-corrected chi connectivity index (χ1v) is 6.99. The molecule has 0 saturated carbocycles. The average molecular weight is 289 g/mol. The molecule has 0 aliphatic carbocycles. The molecule has 1 heterocycles. The second kappa shape index (κ2) is 7.12. The van der Waals surface area contributed by atoms with Crippen LogP contribution in [0.5, 0.6) is 0 Å². The Morgan fingerprint density at radius 1 is 1.53 bits per heavy atom. The van der Waals surface area contributed by atoms with Gasteiger partial charge in [-0.05, 0) is 20.5 Å². The number of thiol groups is 1. The number of β-amino-alcohol motifs (C(OH)–C–C–N with tert-alkyl or cyclic N) is 1. The van der Waals surface area contributed by atoms with Gasteiger partial charge in [-0.1, -0.05) is 0 Å². The summed E-state index contributed by atoms with van der Waals surface area (Å²) in [7, 11) is 3.86. The fourth-order valence-corrected chi connectivity index (χ4v) is 2.63. The Kier molecular flexibility index (Phi) is 6.09. The number of likely N-dealkylation sites (N-methyl/N-ethyl adjacent to an activating group) is 1. The molecule has 110 valence electrons. The van der Waals surface area contributed by atoms with Crippen LogP contribution in [0.3, 0.4) is 0 Å². The SMILES string of the molecule is CC(=O)NC(CS)C(=O)N1CC(O)CC1CN(C)C. The lowest BCUT2D eigenvalue weighted by Crippen LogP contribution is -2.52. The lowest BCUT2D eigenvalue weighted by molar-refractivity contribution is -0.136. The van der Waals surface area contributed by atoms with E-state index < -0.39 is 12.1 Å². The summed E-state index contributed by atoms with van der Waals surface area (Å²) < 4.78 is 0. The minimum atomic E-state index is -0.629. The Morgan fingerprint density at radius 2 is 2.16 bits per heavy atom. The van der Waals surface area contributed by atoms with Gasteiger partial charge >= 0.3 is 0 Å². The molecular weight excluding hydrogens is 266 g/mol. The van der Waals surface area contributed by atoms with Crippen LogP contribution < -0.4 is 5.32 Å². The van der Waals surface area contributed by atoms with Crippen molar-refractivity contribution in [2.24, 2.45) is 0 Å². The first-order chi connectivity index (χ1) is 8.85. The fraction of sp³-hybridized carbons (Fsp3) is 0.833. The molecule has 1 aliphatic heterocycles. The van der Waals surface area contributed by atoms with Gasteiger partial charge in [0.2, 0.25) is 11.8 Å². The van der Waals surface area contributed by atoms with Crippen molar-refractivity contribution in [2.45, 2.75) is 31.5 Å². The number of nitrogens with one attached hydrogen (secondary N) is 1. The Balaban J connectivity index is 2.74. The van der Waals surface area contributed by atoms with Gasteiger partial charge in [0.15, 0.2) is 0 Å². The molecule has 1 rings (SSSR count). The summed E-state index contributed by atoms with van der Waals surface area (Å²) in [6.45, 7) is 2.39. The molecule has 0 aromatic rings. The quantitative estimate of drug-likeness (QED) is 0.565. The summed E-state index contributed by atoms with van der Waals surface area (Å²) in [6.07, 6.45) is 0.0790. The maximum Gasteiger partial charge on any atom is 0.246 e. The molecule has 0 aromatic carbocycles. The van der Waals surface area contributed by atoms with Crippen molar-refractivity contribution in [2.75, 3.05) is 32.9 Å². The molecule has 2 N–H and O–H groups in total. The highest BCUT2D eigenvalue weighted by Gasteiger charge is 2.37. The van der Waals surface area contributed by atoms with Gasteiger partial charge in [0, 0.05) is 31.8 Å². The second-order valence-electron chi connectivity index (χ2n) is 5.23. The number of hydrogen-bond acceptors (Lipinski definition) is 5. The van der Waals surface area contributed by atoms with Crippen molar-refractivity contribution in [1.29, 1.82) is 0 Å². The van der Waals surface area contributed by atoms with Crippen LogP contribution in [-0.2, 0) is 9.59 Å². The van der Waals surface area contributed by atoms with Crippen LogP contribution in [0.1, 0.15) is 13.3 Å². The molecule has 1 aliphatic rings. The highest BCUT2D eigenvalue weighted by molar-refractivity contribution is 7.80. The number of nitrogens with zero attached hydrogens (tertiary/aromatic N) is 2. The number of likely N-dealkylation sites (tertiary alicyclic amines) is 1. The van der Waals surface area contributed by atoms with Crippen LogP contribution in [0, 0.1) is 0 Å². The molecule has 0 aromatic heterocycles. The molecule has 0 radical (unpaired) electrons. The lowest BCUT2D eigenvalue weighted by atomic mass is 10.2. The van der Waals surface area contributed by atoms with Gasteiger partial charge in [0.1, 0.15) is 6.04 Å². The second-order valence-corrected chi connectivity index (χ2v) is 5.60. The predicted molar refractivity (Wildman–Crippen MR) is 76.1 cm³/mol. The van der Waals surface area contributed by atoms with Crippen LogP contribution in [0.2, 0.25) is 0 Å². The van der Waals surface area contributed by atoms with E-state index in [1.165, 1.54) is 6.92 Å². The van der Waals surface area contributed by atoms with Gasteiger partial charge in [0.05, 0.1) is 6.10 Å². The molecule has 3 unspecified atom stereocenters. The molecule has 0 bridgehead atoms. The Hall–Kier alpha value is -0.790. The van der Waals surface area contributed by atoms with Gasteiger partial charge in [-0.25, -0.2) is 0 Å². The number of carbonyl (C=O) groups excluding carboxylic acids is 2. The minimum absolute atomic E-state index is 0.0198. The van der Waals surface area contributed by atoms with E-state index in [9.17, 15) is 14.7 Å². The fourth-order valence-electron chi connectivity index (χ4n) is 2.39. The van der Waals surface area contributed by atoms with Crippen LogP contribution in [0.15, 0.2) is 0 Å². The molecule has 0 spiro atoms. The van der Waals surface area contributed by atoms with E-state index in [0.29, 0.717) is 19.5 Å². The lowest BCUT2D eigenvalue weighted by Gasteiger charge is -2.29. The molecule has 1 saturated heterocycles. The summed E-state index contributed by atoms with van der Waals surface area (Å²) in [5, 5.41) is 12.3. The number of aliphatic hydroxyl groups excluding tert-OH is 1. The summed E-state index contributed by atoms with van der Waals surface area (Å²) in [6, 6.07) is -0.649. The van der Waals surface area contributed by atoms with Crippen molar-refractivity contribution >= 4 is 24.4 Å². The van der Waals surface area contributed by atoms with Crippen molar-refractivity contribution in [3.63, 3.8) is 0 Å². The van der Waals surface area contributed by atoms with Crippen molar-refractivity contribution in [3.05, 3.63) is 0 Å². The summed E-state index contributed by atoms with van der Waals surface area (Å²) in [5.74, 6) is -0.176. The topological polar surface area (TPSA) is 72.9 Å². The average Bonchev–Trinajstić information content (AvgIpc) is 2.65. The van der Waals surface area contributed by atoms with Crippen molar-refractivity contribution in [1.82, 2.24) is 15.1 Å². The number of amides is 2. The van der Waals surface area contributed by atoms with E-state index in [2.05, 4.69) is 17.9 Å². The van der Waals surface area contributed by atoms with Crippen molar-refractivity contribution in [3.8, 4) is 0 Å². The van der Waals surface area contributed by atoms with Gasteiger partial charge in [-0.15, -0.1) is 0 Å². The van der Waals surface area contributed by atoms with E-state index in [0.717, 1.165) is 0 Å². The summed E-state index contributed by atoms with van der Waals surface area (Å²) in [5.41, 5.74) is 0. The number of hydrogen-bond donors (Lipinski definition) is 3. The van der Waals surface area contributed by atoms with E-state index in [1.54, 1.807) is 4.90 Å². The van der Waals surface area contributed by atoms with Gasteiger partial charge < -0.3 is 20.2 Å². The zero-order valence-corrected chi connectivity index (χ0v) is 12.6. The first-order valence-electron chi connectivity index (χ1n) is 6.36. The Bertz CT molecular complexity index is 338. The highest BCUT2D eigenvalue weighted by atomic mass is 32.1. The standard InChI is InChI=1S/C12H23N3O3S/c1-8(16)13-11(7-19)12(18)15-6-10(17)4-9(15)5-14(2)3/h9-11,17,19H,4-7H2,1-3H3,(H,13,16). The molecule has 2 amide bonds. The van der Waals surface area contributed by atoms with E-state index in [-0.39, 0.29) is 23.6 Å². The minimum Gasteiger partial charge on any atom is -0.391 e. The van der Waals surface area contributed by atoms with Crippen LogP contribution in [-0.4, -0.2) is 77.8 Å². The van der Waals surface area contributed by atoms with Gasteiger partial charge in [-0.3, -0.25) is 9.59 Å². The summed E-state index contributed by atoms with van der Waals surface area (Å²) in [4.78, 5) is 27.1. The zero-order valence-electron chi connectivity index (χ0n) is 11.7. The predicted octanol–water partition coefficient (Wildman–Crippen LogP) is -1.06. The molecule has 6 nitrogen and oxygen atoms in total. The van der Waals surface area contributed by atoms with Crippen LogP contribution in [0.25, 0.3) is 0 Å². The van der Waals surface area contributed by atoms with Gasteiger partial charge in [0.25, 0.3) is 0 Å². The third kappa shape index (κ3) is 4.67. The normalized spacial score (nSPS) is 24.6. The zero-order chi connectivity index (χ0) is 14.6. The number of carbonyl (C=O) groups is 2. The Morgan fingerprint density at radius 3 is 2.63 bits per heavy atom. The maximum absolute atomic E-state index is 12.4. The molecule has 1 fully saturated rings. The van der Waals surface area contributed by atoms with E-state index in [1.807, 2.05) is 19.0 Å². The van der Waals surface area contributed by atoms with Crippen molar-refractivity contribution < 1.29 is 14.7 Å². The number of aliphatic hydroxyl groups is 1. The summed E-state index contributed by atoms with van der Waals surface area (Å²) >= 11 is 4.11. The maximum atomic E-state index is 12.4. The van der Waals surface area contributed by atoms with Crippen LogP contribution in [0.4, 0.5) is 0 Å². The molecule has 19 heavy (non-hydrogen) atoms.